The van der Waals surface area contributed by atoms with Crippen molar-refractivity contribution in [2.45, 2.75) is 25.7 Å². The molecule has 2 N–H and O–H groups in total. The zero-order chi connectivity index (χ0) is 13.8. The molecule has 0 aromatic heterocycles. The standard InChI is InChI=1S/C11H12BrF3N2S/c1-7(11(13,14)15)17-10(18)16-6-8-2-4-9(12)5-3-8/h2-5,7H,6H2,1H3,(H2,16,17,18)/t7-/m0/s1. The van der Waals surface area contributed by atoms with Gasteiger partial charge in [0, 0.05) is 11.0 Å². The number of halogens is 4. The molecule has 7 heteroatoms. The van der Waals surface area contributed by atoms with E-state index in [0.717, 1.165) is 17.0 Å². The third-order valence-corrected chi connectivity index (χ3v) is 3.00. The van der Waals surface area contributed by atoms with Crippen molar-refractivity contribution in [3.8, 4) is 0 Å². The van der Waals surface area contributed by atoms with Crippen LogP contribution in [0.1, 0.15) is 12.5 Å². The summed E-state index contributed by atoms with van der Waals surface area (Å²) in [6, 6.07) is 5.75. The molecule has 0 amide bonds. The second-order valence-electron chi connectivity index (χ2n) is 3.72. The second kappa shape index (κ2) is 6.38. The first-order valence-corrected chi connectivity index (χ1v) is 6.34. The maximum absolute atomic E-state index is 12.3. The smallest absolute Gasteiger partial charge is 0.359 e. The lowest BCUT2D eigenvalue weighted by atomic mass is 10.2. The molecule has 1 aromatic carbocycles. The Labute approximate surface area is 117 Å². The quantitative estimate of drug-likeness (QED) is 0.825. The van der Waals surface area contributed by atoms with Crippen LogP contribution >= 0.6 is 28.1 Å². The van der Waals surface area contributed by atoms with E-state index < -0.39 is 12.2 Å². The normalized spacial score (nSPS) is 12.9. The van der Waals surface area contributed by atoms with Crippen molar-refractivity contribution >= 4 is 33.3 Å². The largest absolute Gasteiger partial charge is 0.408 e. The van der Waals surface area contributed by atoms with E-state index in [1.807, 2.05) is 24.3 Å². The van der Waals surface area contributed by atoms with Gasteiger partial charge in [0.2, 0.25) is 0 Å². The molecule has 0 aliphatic rings. The number of hydrogen-bond donors (Lipinski definition) is 2. The van der Waals surface area contributed by atoms with E-state index in [1.54, 1.807) is 0 Å². The van der Waals surface area contributed by atoms with Crippen molar-refractivity contribution in [2.75, 3.05) is 0 Å². The highest BCUT2D eigenvalue weighted by Gasteiger charge is 2.36. The number of hydrogen-bond acceptors (Lipinski definition) is 1. The van der Waals surface area contributed by atoms with Crippen LogP contribution in [-0.2, 0) is 6.54 Å². The first-order chi connectivity index (χ1) is 8.29. The highest BCUT2D eigenvalue weighted by atomic mass is 79.9. The molecule has 0 radical (unpaired) electrons. The van der Waals surface area contributed by atoms with Crippen LogP contribution in [0.4, 0.5) is 13.2 Å². The number of alkyl halides is 3. The summed E-state index contributed by atoms with van der Waals surface area (Å²) in [7, 11) is 0. The molecule has 0 fully saturated rings. The van der Waals surface area contributed by atoms with Crippen molar-refractivity contribution in [1.82, 2.24) is 10.6 Å². The minimum Gasteiger partial charge on any atom is -0.359 e. The van der Waals surface area contributed by atoms with E-state index in [4.69, 9.17) is 12.2 Å². The van der Waals surface area contributed by atoms with Gasteiger partial charge in [0.25, 0.3) is 0 Å². The molecule has 0 aliphatic carbocycles. The van der Waals surface area contributed by atoms with Crippen molar-refractivity contribution in [3.05, 3.63) is 34.3 Å². The van der Waals surface area contributed by atoms with Crippen molar-refractivity contribution in [1.29, 1.82) is 0 Å². The number of benzene rings is 1. The summed E-state index contributed by atoms with van der Waals surface area (Å²) in [6.07, 6.45) is -4.30. The van der Waals surface area contributed by atoms with Gasteiger partial charge in [0.15, 0.2) is 5.11 Å². The van der Waals surface area contributed by atoms with Gasteiger partial charge in [-0.2, -0.15) is 13.2 Å². The fraction of sp³-hybridized carbons (Fsp3) is 0.364. The fourth-order valence-electron chi connectivity index (χ4n) is 1.11. The Morgan fingerprint density at radius 1 is 1.33 bits per heavy atom. The maximum atomic E-state index is 12.3. The van der Waals surface area contributed by atoms with E-state index in [2.05, 4.69) is 26.6 Å². The van der Waals surface area contributed by atoms with E-state index >= 15 is 0 Å². The molecule has 18 heavy (non-hydrogen) atoms. The molecular formula is C11H12BrF3N2S. The SMILES string of the molecule is C[C@H](NC(=S)NCc1ccc(Br)cc1)C(F)(F)F. The molecule has 2 nitrogen and oxygen atoms in total. The molecule has 0 saturated heterocycles. The van der Waals surface area contributed by atoms with Gasteiger partial charge in [0.1, 0.15) is 6.04 Å². The third-order valence-electron chi connectivity index (χ3n) is 2.20. The molecule has 1 atom stereocenters. The van der Waals surface area contributed by atoms with Crippen LogP contribution in [0.15, 0.2) is 28.7 Å². The molecule has 100 valence electrons. The first-order valence-electron chi connectivity index (χ1n) is 5.14. The third kappa shape index (κ3) is 5.22. The van der Waals surface area contributed by atoms with Gasteiger partial charge in [-0.05, 0) is 36.8 Å². The Bertz CT molecular complexity index is 406. The summed E-state index contributed by atoms with van der Waals surface area (Å²) in [5.41, 5.74) is 0.932. The summed E-state index contributed by atoms with van der Waals surface area (Å²) in [5, 5.41) is 4.90. The minimum atomic E-state index is -4.30. The predicted molar refractivity (Wildman–Crippen MR) is 72.2 cm³/mol. The lowest BCUT2D eigenvalue weighted by Gasteiger charge is -2.19. The van der Waals surface area contributed by atoms with Gasteiger partial charge >= 0.3 is 6.18 Å². The summed E-state index contributed by atoms with van der Waals surface area (Å²) in [4.78, 5) is 0. The Morgan fingerprint density at radius 3 is 2.39 bits per heavy atom. The number of rotatable bonds is 3. The molecule has 1 rings (SSSR count). The van der Waals surface area contributed by atoms with E-state index in [-0.39, 0.29) is 5.11 Å². The highest BCUT2D eigenvalue weighted by Crippen LogP contribution is 2.19. The lowest BCUT2D eigenvalue weighted by molar-refractivity contribution is -0.147. The van der Waals surface area contributed by atoms with Crippen LogP contribution in [0, 0.1) is 0 Å². The van der Waals surface area contributed by atoms with Crippen molar-refractivity contribution in [2.24, 2.45) is 0 Å². The summed E-state index contributed by atoms with van der Waals surface area (Å²) < 4.78 is 37.7. The predicted octanol–water partition coefficient (Wildman–Crippen LogP) is 3.36. The van der Waals surface area contributed by atoms with Crippen LogP contribution in [0.5, 0.6) is 0 Å². The molecule has 1 aromatic rings. The van der Waals surface area contributed by atoms with Gasteiger partial charge in [-0.25, -0.2) is 0 Å². The zero-order valence-corrected chi connectivity index (χ0v) is 11.9. The van der Waals surface area contributed by atoms with Crippen LogP contribution in [-0.4, -0.2) is 17.3 Å². The van der Waals surface area contributed by atoms with Crippen LogP contribution in [0.3, 0.4) is 0 Å². The number of thiocarbonyl (C=S) groups is 1. The molecule has 0 saturated carbocycles. The van der Waals surface area contributed by atoms with Crippen molar-refractivity contribution < 1.29 is 13.2 Å². The molecule has 0 unspecified atom stereocenters. The minimum absolute atomic E-state index is 0.0113. The van der Waals surface area contributed by atoms with Crippen LogP contribution < -0.4 is 10.6 Å². The van der Waals surface area contributed by atoms with E-state index in [0.29, 0.717) is 6.54 Å². The Hall–Kier alpha value is -0.820. The van der Waals surface area contributed by atoms with E-state index in [9.17, 15) is 13.2 Å². The second-order valence-corrected chi connectivity index (χ2v) is 5.04. The monoisotopic (exact) mass is 340 g/mol. The number of nitrogens with one attached hydrogen (secondary N) is 2. The molecule has 0 aliphatic heterocycles. The lowest BCUT2D eigenvalue weighted by Crippen LogP contribution is -2.47. The summed E-state index contributed by atoms with van der Waals surface area (Å²) in [5.74, 6) is 0. The summed E-state index contributed by atoms with van der Waals surface area (Å²) >= 11 is 8.09. The maximum Gasteiger partial charge on any atom is 0.408 e. The van der Waals surface area contributed by atoms with E-state index in [1.165, 1.54) is 0 Å². The molecular weight excluding hydrogens is 329 g/mol. The molecule has 0 heterocycles. The topological polar surface area (TPSA) is 24.1 Å². The van der Waals surface area contributed by atoms with Gasteiger partial charge in [0.05, 0.1) is 0 Å². The summed E-state index contributed by atoms with van der Waals surface area (Å²) in [6.45, 7) is 1.40. The average molecular weight is 341 g/mol. The molecule has 0 bridgehead atoms. The van der Waals surface area contributed by atoms with Gasteiger partial charge in [-0.3, -0.25) is 0 Å². The van der Waals surface area contributed by atoms with Crippen molar-refractivity contribution in [3.63, 3.8) is 0 Å². The Balaban J connectivity index is 2.40. The van der Waals surface area contributed by atoms with Crippen LogP contribution in [0.25, 0.3) is 0 Å². The van der Waals surface area contributed by atoms with Gasteiger partial charge < -0.3 is 10.6 Å². The fourth-order valence-corrected chi connectivity index (χ4v) is 1.63. The Kier molecular flexibility index (Phi) is 5.40. The Morgan fingerprint density at radius 2 is 1.89 bits per heavy atom. The molecule has 0 spiro atoms. The van der Waals surface area contributed by atoms with Gasteiger partial charge in [-0.15, -0.1) is 0 Å². The van der Waals surface area contributed by atoms with Crippen LogP contribution in [0.2, 0.25) is 0 Å². The first kappa shape index (κ1) is 15.2. The average Bonchev–Trinajstić information content (AvgIpc) is 2.27. The van der Waals surface area contributed by atoms with Gasteiger partial charge in [-0.1, -0.05) is 28.1 Å². The highest BCUT2D eigenvalue weighted by molar-refractivity contribution is 9.10. The zero-order valence-electron chi connectivity index (χ0n) is 9.51.